The highest BCUT2D eigenvalue weighted by Gasteiger charge is 2.34. The lowest BCUT2D eigenvalue weighted by Crippen LogP contribution is -2.38. The second-order valence-electron chi connectivity index (χ2n) is 7.69. The second kappa shape index (κ2) is 8.23. The first kappa shape index (κ1) is 19.4. The van der Waals surface area contributed by atoms with E-state index in [4.69, 9.17) is 9.98 Å². The third kappa shape index (κ3) is 3.97. The van der Waals surface area contributed by atoms with Crippen LogP contribution in [0.5, 0.6) is 0 Å². The molecule has 2 atom stereocenters. The van der Waals surface area contributed by atoms with Gasteiger partial charge in [0.15, 0.2) is 0 Å². The van der Waals surface area contributed by atoms with Gasteiger partial charge in [-0.25, -0.2) is 9.98 Å². The van der Waals surface area contributed by atoms with Crippen LogP contribution < -0.4 is 0 Å². The van der Waals surface area contributed by atoms with Gasteiger partial charge in [0.1, 0.15) is 5.84 Å². The molecule has 3 aliphatic rings. The minimum absolute atomic E-state index is 0.264. The Labute approximate surface area is 171 Å². The van der Waals surface area contributed by atoms with E-state index in [-0.39, 0.29) is 6.04 Å². The Bertz CT molecular complexity index is 983. The summed E-state index contributed by atoms with van der Waals surface area (Å²) in [5, 5.41) is 0. The maximum atomic E-state index is 13.6. The van der Waals surface area contributed by atoms with Gasteiger partial charge in [-0.05, 0) is 44.9 Å². The van der Waals surface area contributed by atoms with Gasteiger partial charge in [0, 0.05) is 18.2 Å². The molecule has 4 heterocycles. The molecule has 0 aliphatic carbocycles. The van der Waals surface area contributed by atoms with Gasteiger partial charge in [0.2, 0.25) is 5.95 Å². The molecule has 1 aromatic heterocycles. The maximum Gasteiger partial charge on any atom is 0.213 e. The van der Waals surface area contributed by atoms with E-state index in [0.717, 1.165) is 37.2 Å². The van der Waals surface area contributed by atoms with Gasteiger partial charge in [0.05, 0.1) is 35.5 Å². The van der Waals surface area contributed by atoms with E-state index in [1.165, 1.54) is 17.2 Å². The Morgan fingerprint density at radius 3 is 2.90 bits per heavy atom. The number of amidine groups is 1. The number of pyridine rings is 1. The number of hydrogen-bond acceptors (Lipinski definition) is 5. The number of rotatable bonds is 5. The molecule has 2 unspecified atom stereocenters. The molecule has 0 bridgehead atoms. The topological polar surface area (TPSA) is 53.2 Å². The van der Waals surface area contributed by atoms with Crippen molar-refractivity contribution in [2.75, 3.05) is 0 Å². The summed E-state index contributed by atoms with van der Waals surface area (Å²) >= 11 is 0. The molecule has 0 amide bonds. The molecule has 29 heavy (non-hydrogen) atoms. The average Bonchev–Trinajstić information content (AvgIpc) is 2.87. The Morgan fingerprint density at radius 1 is 1.24 bits per heavy atom. The quantitative estimate of drug-likeness (QED) is 0.675. The summed E-state index contributed by atoms with van der Waals surface area (Å²) in [4.78, 5) is 20.4. The number of aliphatic imine (C=N–C) groups is 3. The molecule has 0 saturated heterocycles. The molecule has 5 nitrogen and oxygen atoms in total. The van der Waals surface area contributed by atoms with Crippen molar-refractivity contribution in [2.45, 2.75) is 58.5 Å². The first-order valence-electron chi connectivity index (χ1n) is 10.2. The van der Waals surface area contributed by atoms with Crippen molar-refractivity contribution in [3.8, 4) is 0 Å². The van der Waals surface area contributed by atoms with Crippen LogP contribution >= 0.6 is 0 Å². The smallest absolute Gasteiger partial charge is 0.213 e. The summed E-state index contributed by atoms with van der Waals surface area (Å²) in [6, 6.07) is 5.38. The fourth-order valence-corrected chi connectivity index (χ4v) is 3.84. The fourth-order valence-electron chi connectivity index (χ4n) is 3.84. The Hall–Kier alpha value is -2.89. The number of fused-ring (bicyclic) bond motifs is 1. The van der Waals surface area contributed by atoms with Crippen molar-refractivity contribution in [1.82, 2.24) is 9.88 Å². The lowest BCUT2D eigenvalue weighted by Gasteiger charge is -2.28. The predicted octanol–water partition coefficient (Wildman–Crippen LogP) is 4.83. The lowest BCUT2D eigenvalue weighted by atomic mass is 9.97. The molecule has 4 rings (SSSR count). The normalized spacial score (nSPS) is 23.6. The largest absolute Gasteiger partial charge is 0.312 e. The summed E-state index contributed by atoms with van der Waals surface area (Å²) in [5.41, 5.74) is 4.70. The lowest BCUT2D eigenvalue weighted by molar-refractivity contribution is 0.458. The molecule has 150 valence electrons. The van der Waals surface area contributed by atoms with E-state index in [2.05, 4.69) is 35.6 Å². The van der Waals surface area contributed by atoms with E-state index >= 15 is 0 Å². The van der Waals surface area contributed by atoms with Gasteiger partial charge < -0.3 is 4.90 Å². The number of allylic oxidation sites excluding steroid dienone is 3. The van der Waals surface area contributed by atoms with E-state index in [0.29, 0.717) is 17.4 Å². The van der Waals surface area contributed by atoms with Crippen LogP contribution in [0.3, 0.4) is 0 Å². The van der Waals surface area contributed by atoms with E-state index in [1.54, 1.807) is 18.3 Å². The molecule has 0 saturated carbocycles. The predicted molar refractivity (Wildman–Crippen MR) is 116 cm³/mol. The van der Waals surface area contributed by atoms with Crippen LogP contribution in [-0.2, 0) is 0 Å². The Balaban J connectivity index is 1.66. The van der Waals surface area contributed by atoms with E-state index in [1.807, 2.05) is 18.5 Å². The Kier molecular flexibility index (Phi) is 5.51. The molecule has 0 spiro atoms. The molecule has 0 radical (unpaired) electrons. The van der Waals surface area contributed by atoms with Crippen LogP contribution in [0.15, 0.2) is 68.4 Å². The molecule has 0 N–H and O–H groups in total. The highest BCUT2D eigenvalue weighted by atomic mass is 19.1. The first-order chi connectivity index (χ1) is 14.1. The number of aromatic nitrogens is 1. The van der Waals surface area contributed by atoms with Crippen LogP contribution in [-0.4, -0.2) is 39.9 Å². The fraction of sp³-hybridized carbons (Fsp3) is 0.391. The van der Waals surface area contributed by atoms with Crippen molar-refractivity contribution in [3.63, 3.8) is 0 Å². The van der Waals surface area contributed by atoms with Crippen molar-refractivity contribution in [2.24, 2.45) is 15.0 Å². The van der Waals surface area contributed by atoms with Gasteiger partial charge in [-0.3, -0.25) is 9.98 Å². The minimum atomic E-state index is -0.499. The monoisotopic (exact) mass is 391 g/mol. The van der Waals surface area contributed by atoms with Crippen molar-refractivity contribution < 1.29 is 4.39 Å². The summed E-state index contributed by atoms with van der Waals surface area (Å²) in [6.07, 6.45) is 11.2. The van der Waals surface area contributed by atoms with Crippen molar-refractivity contribution >= 4 is 17.9 Å². The van der Waals surface area contributed by atoms with Crippen LogP contribution in [0, 0.1) is 5.95 Å². The second-order valence-corrected chi connectivity index (χ2v) is 7.69. The van der Waals surface area contributed by atoms with Gasteiger partial charge in [-0.15, -0.1) is 0 Å². The van der Waals surface area contributed by atoms with Crippen LogP contribution in [0.2, 0.25) is 0 Å². The molecule has 0 fully saturated rings. The van der Waals surface area contributed by atoms with Gasteiger partial charge >= 0.3 is 0 Å². The third-order valence-electron chi connectivity index (χ3n) is 5.58. The van der Waals surface area contributed by atoms with Crippen LogP contribution in [0.4, 0.5) is 4.39 Å². The van der Waals surface area contributed by atoms with E-state index in [9.17, 15) is 4.39 Å². The molecule has 0 aromatic carbocycles. The number of hydrogen-bond donors (Lipinski definition) is 0. The molecule has 6 heteroatoms. The van der Waals surface area contributed by atoms with Crippen molar-refractivity contribution in [3.05, 3.63) is 65.0 Å². The third-order valence-corrected chi connectivity index (χ3v) is 5.58. The number of nitrogens with zero attached hydrogens (tertiary/aromatic N) is 5. The van der Waals surface area contributed by atoms with Crippen molar-refractivity contribution in [1.29, 1.82) is 0 Å². The van der Waals surface area contributed by atoms with E-state index < -0.39 is 5.95 Å². The maximum absolute atomic E-state index is 13.6. The highest BCUT2D eigenvalue weighted by molar-refractivity contribution is 6.09. The molecule has 1 aromatic rings. The summed E-state index contributed by atoms with van der Waals surface area (Å²) < 4.78 is 13.6. The van der Waals surface area contributed by atoms with Gasteiger partial charge in [-0.1, -0.05) is 31.1 Å². The SMILES string of the molecule is CCCC1=C(CC2=CC(c3cccc(F)n3)=NC=CC2)N=CN2C1=NC(C)C2C. The van der Waals surface area contributed by atoms with Gasteiger partial charge in [-0.2, -0.15) is 4.39 Å². The summed E-state index contributed by atoms with van der Waals surface area (Å²) in [6.45, 7) is 6.53. The van der Waals surface area contributed by atoms with Crippen LogP contribution in [0.25, 0.3) is 0 Å². The summed E-state index contributed by atoms with van der Waals surface area (Å²) in [5.74, 6) is 0.572. The zero-order valence-electron chi connectivity index (χ0n) is 17.1. The highest BCUT2D eigenvalue weighted by Crippen LogP contribution is 2.31. The molecular weight excluding hydrogens is 365 g/mol. The average molecular weight is 391 g/mol. The van der Waals surface area contributed by atoms with Gasteiger partial charge in [0.25, 0.3) is 0 Å². The first-order valence-corrected chi connectivity index (χ1v) is 10.2. The number of halogens is 1. The zero-order chi connectivity index (χ0) is 20.4. The van der Waals surface area contributed by atoms with Crippen LogP contribution in [0.1, 0.15) is 52.1 Å². The molecular formula is C23H26FN5. The summed E-state index contributed by atoms with van der Waals surface area (Å²) in [7, 11) is 0. The minimum Gasteiger partial charge on any atom is -0.312 e. The standard InChI is InChI=1S/C23H26FN5/c1-4-7-18-20(26-14-29-16(3)15(2)27-23(18)29)12-17-8-6-11-25-21(13-17)19-9-5-10-22(24)28-19/h5-6,9-11,13-16H,4,7-8,12H2,1-3H3. The molecule has 3 aliphatic heterocycles. The zero-order valence-corrected chi connectivity index (χ0v) is 17.1. The Morgan fingerprint density at radius 2 is 2.10 bits per heavy atom.